The van der Waals surface area contributed by atoms with Crippen molar-refractivity contribution in [2.45, 2.75) is 19.2 Å². The minimum Gasteiger partial charge on any atom is -0.389 e. The first-order valence-electron chi connectivity index (χ1n) is 3.87. The van der Waals surface area contributed by atoms with E-state index in [2.05, 4.69) is 15.9 Å². The maximum absolute atomic E-state index is 12.3. The Balaban J connectivity index is 3.15. The van der Waals surface area contributed by atoms with Crippen LogP contribution in [0.25, 0.3) is 0 Å². The molecule has 0 spiro atoms. The molecule has 0 aliphatic heterocycles. The number of aliphatic hydroxyl groups excluding tert-OH is 1. The van der Waals surface area contributed by atoms with Crippen LogP contribution in [0.4, 0.5) is 13.2 Å². The van der Waals surface area contributed by atoms with Crippen LogP contribution in [0.3, 0.4) is 0 Å². The summed E-state index contributed by atoms with van der Waals surface area (Å²) in [5, 5.41) is 9.14. The molecular formula is C9H8BrF3O. The van der Waals surface area contributed by atoms with E-state index in [1.807, 2.05) is 0 Å². The average Bonchev–Trinajstić information content (AvgIpc) is 2.01. The van der Waals surface area contributed by atoms with Crippen LogP contribution in [0.15, 0.2) is 22.7 Å². The lowest BCUT2D eigenvalue weighted by molar-refractivity contribution is -0.138. The average molecular weight is 269 g/mol. The minimum atomic E-state index is -4.37. The molecule has 0 amide bonds. The van der Waals surface area contributed by atoms with Gasteiger partial charge in [0.1, 0.15) is 0 Å². The molecule has 0 aliphatic carbocycles. The van der Waals surface area contributed by atoms with E-state index < -0.39 is 17.8 Å². The Bertz CT molecular complexity index is 333. The predicted molar refractivity (Wildman–Crippen MR) is 49.8 cm³/mol. The largest absolute Gasteiger partial charge is 0.417 e. The van der Waals surface area contributed by atoms with Crippen LogP contribution in [-0.4, -0.2) is 5.11 Å². The molecule has 0 aromatic heterocycles. The van der Waals surface area contributed by atoms with E-state index in [1.54, 1.807) is 0 Å². The third-order valence-corrected chi connectivity index (χ3v) is 2.44. The van der Waals surface area contributed by atoms with E-state index in [1.165, 1.54) is 19.1 Å². The summed E-state index contributed by atoms with van der Waals surface area (Å²) < 4.78 is 36.8. The zero-order valence-electron chi connectivity index (χ0n) is 7.27. The van der Waals surface area contributed by atoms with E-state index in [0.29, 0.717) is 5.56 Å². The van der Waals surface area contributed by atoms with Crippen LogP contribution >= 0.6 is 15.9 Å². The lowest BCUT2D eigenvalue weighted by Crippen LogP contribution is -2.06. The van der Waals surface area contributed by atoms with Crippen molar-refractivity contribution in [3.05, 3.63) is 33.8 Å². The first-order valence-corrected chi connectivity index (χ1v) is 4.66. The van der Waals surface area contributed by atoms with Crippen molar-refractivity contribution in [2.75, 3.05) is 0 Å². The number of benzene rings is 1. The normalized spacial score (nSPS) is 14.1. The Morgan fingerprint density at radius 2 is 1.93 bits per heavy atom. The summed E-state index contributed by atoms with van der Waals surface area (Å²) in [4.78, 5) is 0. The molecule has 1 N–H and O–H groups in total. The molecule has 0 fully saturated rings. The summed E-state index contributed by atoms with van der Waals surface area (Å²) in [6.07, 6.45) is -5.13. The monoisotopic (exact) mass is 268 g/mol. The second-order valence-electron chi connectivity index (χ2n) is 2.91. The van der Waals surface area contributed by atoms with Crippen molar-refractivity contribution < 1.29 is 18.3 Å². The standard InChI is InChI=1S/C9H8BrF3O/c1-5(14)6-2-3-7(8(10)4-6)9(11,12)13/h2-5,14H,1H3. The topological polar surface area (TPSA) is 20.2 Å². The van der Waals surface area contributed by atoms with Gasteiger partial charge >= 0.3 is 6.18 Å². The summed E-state index contributed by atoms with van der Waals surface area (Å²) in [7, 11) is 0. The fraction of sp³-hybridized carbons (Fsp3) is 0.333. The molecule has 78 valence electrons. The molecule has 1 unspecified atom stereocenters. The number of halogens is 4. The van der Waals surface area contributed by atoms with Crippen molar-refractivity contribution in [3.63, 3.8) is 0 Å². The molecular weight excluding hydrogens is 261 g/mol. The maximum atomic E-state index is 12.3. The summed E-state index contributed by atoms with van der Waals surface area (Å²) in [5.41, 5.74) is -0.285. The Morgan fingerprint density at radius 3 is 2.29 bits per heavy atom. The Kier molecular flexibility index (Phi) is 3.21. The lowest BCUT2D eigenvalue weighted by atomic mass is 10.1. The highest BCUT2D eigenvalue weighted by molar-refractivity contribution is 9.10. The molecule has 1 aromatic rings. The number of rotatable bonds is 1. The van der Waals surface area contributed by atoms with Crippen LogP contribution in [0.1, 0.15) is 24.2 Å². The van der Waals surface area contributed by atoms with Gasteiger partial charge in [-0.2, -0.15) is 13.2 Å². The quantitative estimate of drug-likeness (QED) is 0.827. The van der Waals surface area contributed by atoms with Crippen molar-refractivity contribution >= 4 is 15.9 Å². The molecule has 0 bridgehead atoms. The van der Waals surface area contributed by atoms with Gasteiger partial charge in [0, 0.05) is 4.47 Å². The van der Waals surface area contributed by atoms with Crippen molar-refractivity contribution in [3.8, 4) is 0 Å². The van der Waals surface area contributed by atoms with E-state index in [0.717, 1.165) is 6.07 Å². The van der Waals surface area contributed by atoms with Gasteiger partial charge in [0.2, 0.25) is 0 Å². The fourth-order valence-corrected chi connectivity index (χ4v) is 1.64. The Morgan fingerprint density at radius 1 is 1.36 bits per heavy atom. The summed E-state index contributed by atoms with van der Waals surface area (Å²) in [5.74, 6) is 0. The lowest BCUT2D eigenvalue weighted by Gasteiger charge is -2.11. The molecule has 0 radical (unpaired) electrons. The van der Waals surface area contributed by atoms with Crippen LogP contribution in [-0.2, 0) is 6.18 Å². The molecule has 1 atom stereocenters. The smallest absolute Gasteiger partial charge is 0.389 e. The van der Waals surface area contributed by atoms with Gasteiger partial charge < -0.3 is 5.11 Å². The van der Waals surface area contributed by atoms with Crippen molar-refractivity contribution in [1.82, 2.24) is 0 Å². The summed E-state index contributed by atoms with van der Waals surface area (Å²) in [6.45, 7) is 1.50. The zero-order valence-corrected chi connectivity index (χ0v) is 8.85. The first kappa shape index (κ1) is 11.5. The van der Waals surface area contributed by atoms with Gasteiger partial charge in [0.25, 0.3) is 0 Å². The number of aliphatic hydroxyl groups is 1. The van der Waals surface area contributed by atoms with Crippen LogP contribution in [0.5, 0.6) is 0 Å². The van der Waals surface area contributed by atoms with Gasteiger partial charge in [-0.25, -0.2) is 0 Å². The van der Waals surface area contributed by atoms with Crippen LogP contribution < -0.4 is 0 Å². The van der Waals surface area contributed by atoms with E-state index >= 15 is 0 Å². The molecule has 0 saturated carbocycles. The third-order valence-electron chi connectivity index (χ3n) is 1.78. The van der Waals surface area contributed by atoms with Gasteiger partial charge in [0.05, 0.1) is 11.7 Å². The Hall–Kier alpha value is -0.550. The van der Waals surface area contributed by atoms with Gasteiger partial charge in [0.15, 0.2) is 0 Å². The Labute approximate surface area is 87.7 Å². The summed E-state index contributed by atoms with van der Waals surface area (Å²) >= 11 is 2.82. The van der Waals surface area contributed by atoms with E-state index in [-0.39, 0.29) is 4.47 Å². The molecule has 14 heavy (non-hydrogen) atoms. The molecule has 5 heteroatoms. The SMILES string of the molecule is CC(O)c1ccc(C(F)(F)F)c(Br)c1. The highest BCUT2D eigenvalue weighted by atomic mass is 79.9. The molecule has 0 aliphatic rings. The molecule has 1 aromatic carbocycles. The van der Waals surface area contributed by atoms with Crippen LogP contribution in [0.2, 0.25) is 0 Å². The van der Waals surface area contributed by atoms with Gasteiger partial charge in [-0.3, -0.25) is 0 Å². The minimum absolute atomic E-state index is 0.0524. The number of hydrogen-bond donors (Lipinski definition) is 1. The highest BCUT2D eigenvalue weighted by Crippen LogP contribution is 2.35. The second kappa shape index (κ2) is 3.90. The van der Waals surface area contributed by atoms with E-state index in [4.69, 9.17) is 5.11 Å². The van der Waals surface area contributed by atoms with Crippen LogP contribution in [0, 0.1) is 0 Å². The van der Waals surface area contributed by atoms with Gasteiger partial charge in [-0.1, -0.05) is 22.0 Å². The van der Waals surface area contributed by atoms with Gasteiger partial charge in [-0.05, 0) is 24.6 Å². The zero-order chi connectivity index (χ0) is 10.9. The van der Waals surface area contributed by atoms with E-state index in [9.17, 15) is 13.2 Å². The van der Waals surface area contributed by atoms with Crippen molar-refractivity contribution in [1.29, 1.82) is 0 Å². The van der Waals surface area contributed by atoms with Gasteiger partial charge in [-0.15, -0.1) is 0 Å². The molecule has 0 saturated heterocycles. The maximum Gasteiger partial charge on any atom is 0.417 e. The fourth-order valence-electron chi connectivity index (χ4n) is 1.02. The highest BCUT2D eigenvalue weighted by Gasteiger charge is 2.32. The second-order valence-corrected chi connectivity index (χ2v) is 3.77. The molecule has 1 nitrogen and oxygen atoms in total. The number of hydrogen-bond acceptors (Lipinski definition) is 1. The molecule has 0 heterocycles. The van der Waals surface area contributed by atoms with Crippen molar-refractivity contribution in [2.24, 2.45) is 0 Å². The number of alkyl halides is 3. The molecule has 1 rings (SSSR count). The summed E-state index contributed by atoms with van der Waals surface area (Å²) in [6, 6.07) is 3.48. The third kappa shape index (κ3) is 2.48. The predicted octanol–water partition coefficient (Wildman–Crippen LogP) is 3.52. The first-order chi connectivity index (χ1) is 6.32.